The molecule has 0 atom stereocenters. The highest BCUT2D eigenvalue weighted by molar-refractivity contribution is 5.97. The van der Waals surface area contributed by atoms with Crippen molar-refractivity contribution in [3.8, 4) is 0 Å². The maximum atomic E-state index is 11.9. The Bertz CT molecular complexity index is 474. The normalized spacial score (nSPS) is 15.2. The summed E-state index contributed by atoms with van der Waals surface area (Å²) in [6.07, 6.45) is 8.10. The number of carbonyl (C=O) groups excluding carboxylic acids is 2. The first kappa shape index (κ1) is 13.8. The van der Waals surface area contributed by atoms with Gasteiger partial charge in [0.2, 0.25) is 5.91 Å². The number of hydrogen-bond donors (Lipinski definition) is 1. The van der Waals surface area contributed by atoms with Crippen molar-refractivity contribution in [3.05, 3.63) is 23.5 Å². The Balaban J connectivity index is 1.97. The highest BCUT2D eigenvalue weighted by atomic mass is 16.1. The molecule has 0 aliphatic heterocycles. The molecule has 1 N–H and O–H groups in total. The van der Waals surface area contributed by atoms with Crippen LogP contribution in [0.25, 0.3) is 0 Å². The van der Waals surface area contributed by atoms with Crippen molar-refractivity contribution in [1.82, 2.24) is 9.88 Å². The van der Waals surface area contributed by atoms with E-state index in [0.29, 0.717) is 19.4 Å². The van der Waals surface area contributed by atoms with E-state index in [4.69, 9.17) is 0 Å². The maximum Gasteiger partial charge on any atom is 0.221 e. The van der Waals surface area contributed by atoms with Crippen LogP contribution >= 0.6 is 0 Å². The van der Waals surface area contributed by atoms with Gasteiger partial charge >= 0.3 is 0 Å². The van der Waals surface area contributed by atoms with E-state index >= 15 is 0 Å². The van der Waals surface area contributed by atoms with Gasteiger partial charge < -0.3 is 9.88 Å². The summed E-state index contributed by atoms with van der Waals surface area (Å²) in [5, 5.41) is 2.87. The molecule has 19 heavy (non-hydrogen) atoms. The molecule has 0 spiro atoms. The summed E-state index contributed by atoms with van der Waals surface area (Å²) in [6.45, 7) is 4.54. The number of fused-ring (bicyclic) bond motifs is 1. The monoisotopic (exact) mass is 262 g/mol. The van der Waals surface area contributed by atoms with Gasteiger partial charge in [0.15, 0.2) is 5.78 Å². The van der Waals surface area contributed by atoms with Crippen molar-refractivity contribution >= 4 is 11.7 Å². The molecule has 0 fully saturated rings. The second kappa shape index (κ2) is 6.04. The molecule has 1 aliphatic rings. The Kier molecular flexibility index (Phi) is 4.40. The Morgan fingerprint density at radius 2 is 2.05 bits per heavy atom. The van der Waals surface area contributed by atoms with E-state index in [2.05, 4.69) is 5.32 Å². The Hall–Kier alpha value is -1.58. The van der Waals surface area contributed by atoms with E-state index in [1.807, 2.05) is 30.8 Å². The molecule has 1 aliphatic carbocycles. The van der Waals surface area contributed by atoms with Gasteiger partial charge in [0.05, 0.1) is 0 Å². The fourth-order valence-corrected chi connectivity index (χ4v) is 2.50. The van der Waals surface area contributed by atoms with Crippen LogP contribution in [0, 0.1) is 0 Å². The van der Waals surface area contributed by atoms with Gasteiger partial charge in [-0.15, -0.1) is 0 Å². The number of nitrogens with one attached hydrogen (secondary N) is 1. The third-order valence-corrected chi connectivity index (χ3v) is 3.41. The number of rotatable bonds is 4. The lowest BCUT2D eigenvalue weighted by Crippen LogP contribution is -2.30. The van der Waals surface area contributed by atoms with E-state index < -0.39 is 0 Å². The molecule has 1 aromatic rings. The van der Waals surface area contributed by atoms with Gasteiger partial charge in [0, 0.05) is 43.4 Å². The predicted molar refractivity (Wildman–Crippen MR) is 74.2 cm³/mol. The maximum absolute atomic E-state index is 11.9. The van der Waals surface area contributed by atoms with Crippen molar-refractivity contribution in [2.75, 3.05) is 0 Å². The first-order valence-electron chi connectivity index (χ1n) is 7.07. The van der Waals surface area contributed by atoms with Crippen LogP contribution in [-0.2, 0) is 17.8 Å². The highest BCUT2D eigenvalue weighted by Gasteiger charge is 2.17. The molecular weight excluding hydrogens is 240 g/mol. The summed E-state index contributed by atoms with van der Waals surface area (Å²) in [4.78, 5) is 23.5. The fourth-order valence-electron chi connectivity index (χ4n) is 2.50. The van der Waals surface area contributed by atoms with Gasteiger partial charge in [-0.05, 0) is 38.7 Å². The predicted octanol–water partition coefficient (Wildman–Crippen LogP) is 2.31. The summed E-state index contributed by atoms with van der Waals surface area (Å²) in [5.41, 5.74) is 2.01. The van der Waals surface area contributed by atoms with Crippen molar-refractivity contribution in [2.45, 2.75) is 58.5 Å². The number of nitrogens with zero attached hydrogens (tertiary/aromatic N) is 1. The average Bonchev–Trinajstić information content (AvgIpc) is 2.67. The quantitative estimate of drug-likeness (QED) is 0.847. The Labute approximate surface area is 114 Å². The Morgan fingerprint density at radius 3 is 2.79 bits per heavy atom. The molecule has 0 unspecified atom stereocenters. The van der Waals surface area contributed by atoms with E-state index in [1.54, 1.807) is 0 Å². The van der Waals surface area contributed by atoms with Gasteiger partial charge in [-0.1, -0.05) is 0 Å². The standard InChI is InChI=1S/C15H22N2O2/c1-11(2)16-15(19)7-8-17-9-12-5-3-4-6-14(18)13(12)10-17/h9-11H,3-8H2,1-2H3,(H,16,19). The van der Waals surface area contributed by atoms with Gasteiger partial charge in [-0.25, -0.2) is 0 Å². The third kappa shape index (κ3) is 3.69. The topological polar surface area (TPSA) is 51.1 Å². The van der Waals surface area contributed by atoms with Crippen molar-refractivity contribution in [2.24, 2.45) is 0 Å². The number of amides is 1. The summed E-state index contributed by atoms with van der Waals surface area (Å²) < 4.78 is 1.98. The lowest BCUT2D eigenvalue weighted by atomic mass is 10.1. The molecule has 0 aromatic carbocycles. The molecule has 0 radical (unpaired) electrons. The lowest BCUT2D eigenvalue weighted by Gasteiger charge is -2.08. The Morgan fingerprint density at radius 1 is 1.32 bits per heavy atom. The number of hydrogen-bond acceptors (Lipinski definition) is 2. The van der Waals surface area contributed by atoms with Crippen molar-refractivity contribution < 1.29 is 9.59 Å². The number of carbonyl (C=O) groups is 2. The van der Waals surface area contributed by atoms with Crippen LogP contribution in [0.4, 0.5) is 0 Å². The molecule has 4 heteroatoms. The zero-order valence-corrected chi connectivity index (χ0v) is 11.7. The first-order chi connectivity index (χ1) is 9.06. The minimum absolute atomic E-state index is 0.0604. The van der Waals surface area contributed by atoms with E-state index in [0.717, 1.165) is 30.4 Å². The summed E-state index contributed by atoms with van der Waals surface area (Å²) in [6, 6.07) is 0.176. The fraction of sp³-hybridized carbons (Fsp3) is 0.600. The van der Waals surface area contributed by atoms with Crippen LogP contribution in [0.5, 0.6) is 0 Å². The van der Waals surface area contributed by atoms with Crippen molar-refractivity contribution in [1.29, 1.82) is 0 Å². The first-order valence-corrected chi connectivity index (χ1v) is 7.07. The van der Waals surface area contributed by atoms with E-state index in [1.165, 1.54) is 0 Å². The number of aryl methyl sites for hydroxylation is 2. The molecule has 2 rings (SSSR count). The SMILES string of the molecule is CC(C)NC(=O)CCn1cc2c(c1)C(=O)CCCC2. The molecule has 104 valence electrons. The summed E-state index contributed by atoms with van der Waals surface area (Å²) >= 11 is 0. The van der Waals surface area contributed by atoms with E-state index in [9.17, 15) is 9.59 Å². The van der Waals surface area contributed by atoms with Crippen LogP contribution in [-0.4, -0.2) is 22.3 Å². The summed E-state index contributed by atoms with van der Waals surface area (Å²) in [5.74, 6) is 0.308. The number of ketones is 1. The number of Topliss-reactive ketones (excluding diaryl/α,β-unsaturated/α-hetero) is 1. The zero-order valence-electron chi connectivity index (χ0n) is 11.7. The lowest BCUT2D eigenvalue weighted by molar-refractivity contribution is -0.121. The van der Waals surface area contributed by atoms with Crippen LogP contribution in [0.2, 0.25) is 0 Å². The largest absolute Gasteiger partial charge is 0.354 e. The molecule has 0 bridgehead atoms. The van der Waals surface area contributed by atoms with Crippen LogP contribution in [0.15, 0.2) is 12.4 Å². The molecular formula is C15H22N2O2. The number of aromatic nitrogens is 1. The minimum Gasteiger partial charge on any atom is -0.354 e. The molecule has 4 nitrogen and oxygen atoms in total. The second-order valence-corrected chi connectivity index (χ2v) is 5.54. The molecule has 0 saturated carbocycles. The van der Waals surface area contributed by atoms with Gasteiger partial charge in [0.25, 0.3) is 0 Å². The molecule has 1 amide bonds. The smallest absolute Gasteiger partial charge is 0.221 e. The minimum atomic E-state index is 0.0604. The van der Waals surface area contributed by atoms with E-state index in [-0.39, 0.29) is 17.7 Å². The highest BCUT2D eigenvalue weighted by Crippen LogP contribution is 2.21. The summed E-state index contributed by atoms with van der Waals surface area (Å²) in [7, 11) is 0. The third-order valence-electron chi connectivity index (χ3n) is 3.41. The van der Waals surface area contributed by atoms with Gasteiger partial charge in [-0.3, -0.25) is 9.59 Å². The molecule has 0 saturated heterocycles. The van der Waals surface area contributed by atoms with Gasteiger partial charge in [-0.2, -0.15) is 0 Å². The molecule has 1 aromatic heterocycles. The zero-order chi connectivity index (χ0) is 13.8. The molecule has 1 heterocycles. The van der Waals surface area contributed by atoms with Crippen LogP contribution in [0.3, 0.4) is 0 Å². The van der Waals surface area contributed by atoms with Crippen LogP contribution in [0.1, 0.15) is 55.5 Å². The van der Waals surface area contributed by atoms with Gasteiger partial charge in [0.1, 0.15) is 0 Å². The second-order valence-electron chi connectivity index (χ2n) is 5.54. The van der Waals surface area contributed by atoms with Crippen LogP contribution < -0.4 is 5.32 Å². The van der Waals surface area contributed by atoms with Crippen molar-refractivity contribution in [3.63, 3.8) is 0 Å². The average molecular weight is 262 g/mol.